The third kappa shape index (κ3) is 5.37. The van der Waals surface area contributed by atoms with Gasteiger partial charge in [-0.05, 0) is 37.1 Å². The summed E-state index contributed by atoms with van der Waals surface area (Å²) in [5, 5.41) is 19.7. The molecule has 2 rings (SSSR count). The van der Waals surface area contributed by atoms with Crippen LogP contribution in [0.2, 0.25) is 0 Å². The van der Waals surface area contributed by atoms with Crippen molar-refractivity contribution in [3.8, 4) is 0 Å². The molecule has 23 heavy (non-hydrogen) atoms. The zero-order valence-corrected chi connectivity index (χ0v) is 13.0. The van der Waals surface area contributed by atoms with Gasteiger partial charge in [0.25, 0.3) is 0 Å². The Labute approximate surface area is 134 Å². The van der Waals surface area contributed by atoms with E-state index in [4.69, 9.17) is 0 Å². The molecule has 1 heterocycles. The summed E-state index contributed by atoms with van der Waals surface area (Å²) in [6.45, 7) is 2.83. The number of rotatable bonds is 7. The number of halogens is 1. The van der Waals surface area contributed by atoms with E-state index in [2.05, 4.69) is 15.7 Å². The molecule has 0 aliphatic carbocycles. The Bertz CT molecular complexity index is 612. The molecule has 1 aromatic heterocycles. The van der Waals surface area contributed by atoms with E-state index < -0.39 is 5.60 Å². The van der Waals surface area contributed by atoms with Crippen LogP contribution in [0, 0.1) is 5.82 Å². The Balaban J connectivity index is 1.69. The molecule has 1 atom stereocenters. The number of aromatic nitrogens is 2. The van der Waals surface area contributed by atoms with Crippen LogP contribution < -0.4 is 10.6 Å². The van der Waals surface area contributed by atoms with E-state index in [-0.39, 0.29) is 18.4 Å². The van der Waals surface area contributed by atoms with Crippen molar-refractivity contribution in [2.45, 2.75) is 25.5 Å². The molecule has 0 fully saturated rings. The topological polar surface area (TPSA) is 79.2 Å². The van der Waals surface area contributed by atoms with Gasteiger partial charge in [0.05, 0.1) is 6.54 Å². The lowest BCUT2D eigenvalue weighted by Crippen LogP contribution is -2.43. The van der Waals surface area contributed by atoms with Gasteiger partial charge in [0.1, 0.15) is 11.4 Å². The summed E-state index contributed by atoms with van der Waals surface area (Å²) in [7, 11) is 0. The molecule has 0 radical (unpaired) electrons. The largest absolute Gasteiger partial charge is 0.384 e. The van der Waals surface area contributed by atoms with Gasteiger partial charge in [-0.25, -0.2) is 9.18 Å². The lowest BCUT2D eigenvalue weighted by molar-refractivity contribution is 0.0593. The number of hydrogen-bond acceptors (Lipinski definition) is 3. The molecule has 0 aliphatic rings. The summed E-state index contributed by atoms with van der Waals surface area (Å²) < 4.78 is 14.7. The van der Waals surface area contributed by atoms with Gasteiger partial charge in [0.2, 0.25) is 0 Å². The van der Waals surface area contributed by atoms with Crippen molar-refractivity contribution in [2.75, 3.05) is 13.1 Å². The van der Waals surface area contributed by atoms with Crippen LogP contribution in [0.25, 0.3) is 0 Å². The van der Waals surface area contributed by atoms with E-state index in [0.29, 0.717) is 12.1 Å². The van der Waals surface area contributed by atoms with Crippen molar-refractivity contribution in [3.05, 3.63) is 54.1 Å². The highest BCUT2D eigenvalue weighted by molar-refractivity contribution is 5.73. The third-order valence-electron chi connectivity index (χ3n) is 3.47. The van der Waals surface area contributed by atoms with Gasteiger partial charge in [0, 0.05) is 25.5 Å². The Hall–Kier alpha value is -2.41. The number of aliphatic hydroxyl groups is 1. The molecule has 1 aromatic carbocycles. The van der Waals surface area contributed by atoms with Crippen LogP contribution in [0.3, 0.4) is 0 Å². The molecule has 0 spiro atoms. The van der Waals surface area contributed by atoms with Crippen molar-refractivity contribution < 1.29 is 14.3 Å². The molecule has 7 heteroatoms. The minimum absolute atomic E-state index is 0.0314. The third-order valence-corrected chi connectivity index (χ3v) is 3.47. The van der Waals surface area contributed by atoms with Crippen LogP contribution in [0.4, 0.5) is 9.18 Å². The summed E-state index contributed by atoms with van der Waals surface area (Å²) in [6, 6.07) is 7.04. The first-order chi connectivity index (χ1) is 11.0. The Morgan fingerprint density at radius 2 is 2.09 bits per heavy atom. The minimum atomic E-state index is -1.26. The van der Waals surface area contributed by atoms with Crippen molar-refractivity contribution in [1.29, 1.82) is 0 Å². The lowest BCUT2D eigenvalue weighted by atomic mass is 9.96. The maximum Gasteiger partial charge on any atom is 0.314 e. The zero-order chi connectivity index (χ0) is 16.7. The van der Waals surface area contributed by atoms with Crippen LogP contribution in [0.15, 0.2) is 42.7 Å². The number of aryl methyl sites for hydroxylation is 1. The summed E-state index contributed by atoms with van der Waals surface area (Å²) in [5.74, 6) is -0.368. The SMILES string of the molecule is CC(O)(CNC(=O)NCCCn1cccn1)c1ccc(F)cc1. The van der Waals surface area contributed by atoms with E-state index >= 15 is 0 Å². The Morgan fingerprint density at radius 3 is 2.74 bits per heavy atom. The van der Waals surface area contributed by atoms with E-state index in [1.807, 2.05) is 12.3 Å². The first-order valence-corrected chi connectivity index (χ1v) is 7.45. The van der Waals surface area contributed by atoms with Crippen molar-refractivity contribution >= 4 is 6.03 Å². The van der Waals surface area contributed by atoms with Gasteiger partial charge in [-0.3, -0.25) is 4.68 Å². The fraction of sp³-hybridized carbons (Fsp3) is 0.375. The number of benzene rings is 1. The van der Waals surface area contributed by atoms with Gasteiger partial charge in [-0.1, -0.05) is 12.1 Å². The highest BCUT2D eigenvalue weighted by Gasteiger charge is 2.23. The molecule has 0 saturated carbocycles. The molecule has 1 unspecified atom stereocenters. The van der Waals surface area contributed by atoms with Crippen LogP contribution in [0.5, 0.6) is 0 Å². The Kier molecular flexibility index (Phi) is 5.70. The molecule has 2 aromatic rings. The van der Waals surface area contributed by atoms with Gasteiger partial charge in [-0.2, -0.15) is 5.10 Å². The molecule has 2 amide bonds. The predicted octanol–water partition coefficient (Wildman–Crippen LogP) is 1.62. The van der Waals surface area contributed by atoms with Crippen molar-refractivity contribution in [2.24, 2.45) is 0 Å². The van der Waals surface area contributed by atoms with Crippen molar-refractivity contribution in [3.63, 3.8) is 0 Å². The molecular weight excluding hydrogens is 299 g/mol. The standard InChI is InChI=1S/C16H21FN4O2/c1-16(23,13-4-6-14(17)7-5-13)12-19-15(22)18-8-2-10-21-11-3-9-20-21/h3-7,9,11,23H,2,8,10,12H2,1H3,(H2,18,19,22). The maximum absolute atomic E-state index is 12.9. The minimum Gasteiger partial charge on any atom is -0.384 e. The number of carbonyl (C=O) groups excluding carboxylic acids is 1. The van der Waals surface area contributed by atoms with Crippen LogP contribution in [0.1, 0.15) is 18.9 Å². The molecule has 0 bridgehead atoms. The highest BCUT2D eigenvalue weighted by atomic mass is 19.1. The van der Waals surface area contributed by atoms with E-state index in [1.165, 1.54) is 24.3 Å². The number of carbonyl (C=O) groups is 1. The fourth-order valence-corrected chi connectivity index (χ4v) is 2.10. The van der Waals surface area contributed by atoms with Crippen LogP contribution in [-0.4, -0.2) is 34.0 Å². The molecule has 3 N–H and O–H groups in total. The smallest absolute Gasteiger partial charge is 0.314 e. The first-order valence-electron chi connectivity index (χ1n) is 7.45. The van der Waals surface area contributed by atoms with Crippen LogP contribution in [-0.2, 0) is 12.1 Å². The van der Waals surface area contributed by atoms with E-state index in [0.717, 1.165) is 13.0 Å². The maximum atomic E-state index is 12.9. The number of urea groups is 1. The number of amides is 2. The fourth-order valence-electron chi connectivity index (χ4n) is 2.10. The van der Waals surface area contributed by atoms with E-state index in [9.17, 15) is 14.3 Å². The lowest BCUT2D eigenvalue weighted by Gasteiger charge is -2.24. The van der Waals surface area contributed by atoms with Crippen molar-refractivity contribution in [1.82, 2.24) is 20.4 Å². The second-order valence-corrected chi connectivity index (χ2v) is 5.51. The van der Waals surface area contributed by atoms with Gasteiger partial charge >= 0.3 is 6.03 Å². The number of hydrogen-bond donors (Lipinski definition) is 3. The molecule has 6 nitrogen and oxygen atoms in total. The molecular formula is C16H21FN4O2. The summed E-state index contributed by atoms with van der Waals surface area (Å²) >= 11 is 0. The quantitative estimate of drug-likeness (QED) is 0.678. The molecule has 0 saturated heterocycles. The monoisotopic (exact) mass is 320 g/mol. The summed E-state index contributed by atoms with van der Waals surface area (Å²) in [5.41, 5.74) is -0.724. The zero-order valence-electron chi connectivity index (χ0n) is 13.0. The van der Waals surface area contributed by atoms with Gasteiger partial charge in [0.15, 0.2) is 0 Å². The first kappa shape index (κ1) is 17.0. The summed E-state index contributed by atoms with van der Waals surface area (Å²) in [4.78, 5) is 11.7. The average Bonchev–Trinajstić information content (AvgIpc) is 3.03. The number of nitrogens with zero attached hydrogens (tertiary/aromatic N) is 2. The number of nitrogens with one attached hydrogen (secondary N) is 2. The predicted molar refractivity (Wildman–Crippen MR) is 84.2 cm³/mol. The molecule has 124 valence electrons. The van der Waals surface area contributed by atoms with Gasteiger partial charge in [-0.15, -0.1) is 0 Å². The van der Waals surface area contributed by atoms with Gasteiger partial charge < -0.3 is 15.7 Å². The molecule has 0 aliphatic heterocycles. The second-order valence-electron chi connectivity index (χ2n) is 5.51. The Morgan fingerprint density at radius 1 is 1.35 bits per heavy atom. The average molecular weight is 320 g/mol. The summed E-state index contributed by atoms with van der Waals surface area (Å²) in [6.07, 6.45) is 4.32. The second kappa shape index (κ2) is 7.73. The van der Waals surface area contributed by atoms with Crippen LogP contribution >= 0.6 is 0 Å². The normalized spacial score (nSPS) is 13.3. The van der Waals surface area contributed by atoms with E-state index in [1.54, 1.807) is 17.8 Å². The highest BCUT2D eigenvalue weighted by Crippen LogP contribution is 2.19.